The Bertz CT molecular complexity index is 491. The van der Waals surface area contributed by atoms with Crippen LogP contribution in [0.2, 0.25) is 0 Å². The summed E-state index contributed by atoms with van der Waals surface area (Å²) in [6.07, 6.45) is 11.2. The van der Waals surface area contributed by atoms with Crippen molar-refractivity contribution in [2.75, 3.05) is 25.4 Å². The second kappa shape index (κ2) is 7.50. The Labute approximate surface area is 143 Å². The molecule has 0 amide bonds. The molecule has 22 heavy (non-hydrogen) atoms. The number of aromatic nitrogens is 2. The average Bonchev–Trinajstić information content (AvgIpc) is 2.56. The van der Waals surface area contributed by atoms with Crippen LogP contribution in [0.15, 0.2) is 17.4 Å². The molecule has 0 spiro atoms. The van der Waals surface area contributed by atoms with Crippen molar-refractivity contribution in [3.63, 3.8) is 0 Å². The third-order valence-corrected chi connectivity index (χ3v) is 6.66. The van der Waals surface area contributed by atoms with Gasteiger partial charge >= 0.3 is 0 Å². The minimum Gasteiger partial charge on any atom is -0.301 e. The number of alkyl halides is 1. The molecule has 3 nitrogen and oxygen atoms in total. The quantitative estimate of drug-likeness (QED) is 0.420. The Morgan fingerprint density at radius 1 is 1.23 bits per heavy atom. The molecule has 1 unspecified atom stereocenters. The van der Waals surface area contributed by atoms with Crippen LogP contribution >= 0.6 is 23.4 Å². The first kappa shape index (κ1) is 16.5. The first-order chi connectivity index (χ1) is 10.7. The predicted octanol–water partition coefficient (Wildman–Crippen LogP) is 4.31. The van der Waals surface area contributed by atoms with Gasteiger partial charge < -0.3 is 4.90 Å². The van der Waals surface area contributed by atoms with Gasteiger partial charge in [0, 0.05) is 18.9 Å². The highest BCUT2D eigenvalue weighted by atomic mass is 35.5. The molecule has 3 fully saturated rings. The number of rotatable bonds is 7. The van der Waals surface area contributed by atoms with Gasteiger partial charge in [0.05, 0.1) is 5.69 Å². The Kier molecular flexibility index (Phi) is 5.64. The summed E-state index contributed by atoms with van der Waals surface area (Å²) in [5.74, 6) is 1.67. The predicted molar refractivity (Wildman–Crippen MR) is 93.6 cm³/mol. The van der Waals surface area contributed by atoms with Crippen LogP contribution in [0.1, 0.15) is 51.1 Å². The minimum absolute atomic E-state index is 0.323. The van der Waals surface area contributed by atoms with E-state index in [0.29, 0.717) is 5.92 Å². The van der Waals surface area contributed by atoms with Crippen molar-refractivity contribution >= 4 is 23.4 Å². The van der Waals surface area contributed by atoms with E-state index in [-0.39, 0.29) is 4.87 Å². The van der Waals surface area contributed by atoms with E-state index in [4.69, 9.17) is 11.6 Å². The van der Waals surface area contributed by atoms with Crippen LogP contribution in [0.3, 0.4) is 0 Å². The molecule has 0 aromatic carbocycles. The van der Waals surface area contributed by atoms with Gasteiger partial charge in [-0.1, -0.05) is 26.2 Å². The summed E-state index contributed by atoms with van der Waals surface area (Å²) in [5, 5.41) is 1.06. The van der Waals surface area contributed by atoms with E-state index in [1.54, 1.807) is 12.4 Å². The number of piperidine rings is 3. The molecule has 3 saturated heterocycles. The van der Waals surface area contributed by atoms with Crippen molar-refractivity contribution in [3.8, 4) is 0 Å². The standard InChI is InChI=1S/C17H26ClN3S/c1-2-3-4-5-12-22-16-15(19-8-9-20-16)17(18)13-21-10-6-14(17)7-11-21/h8-9,14H,2-7,10-13H2,1H3. The maximum absolute atomic E-state index is 7.11. The van der Waals surface area contributed by atoms with Gasteiger partial charge in [-0.25, -0.2) is 4.98 Å². The third kappa shape index (κ3) is 3.44. The van der Waals surface area contributed by atoms with Gasteiger partial charge in [-0.2, -0.15) is 0 Å². The van der Waals surface area contributed by atoms with Gasteiger partial charge in [-0.05, 0) is 44.0 Å². The average molecular weight is 340 g/mol. The smallest absolute Gasteiger partial charge is 0.119 e. The topological polar surface area (TPSA) is 29.0 Å². The number of hydrogen-bond acceptors (Lipinski definition) is 4. The van der Waals surface area contributed by atoms with E-state index < -0.39 is 0 Å². The van der Waals surface area contributed by atoms with Crippen LogP contribution in [-0.4, -0.2) is 40.3 Å². The van der Waals surface area contributed by atoms with E-state index in [1.807, 2.05) is 11.8 Å². The molecule has 3 aliphatic rings. The lowest BCUT2D eigenvalue weighted by Crippen LogP contribution is -2.54. The first-order valence-corrected chi connectivity index (χ1v) is 9.96. The fourth-order valence-electron chi connectivity index (χ4n) is 3.69. The lowest BCUT2D eigenvalue weighted by molar-refractivity contribution is 0.0630. The van der Waals surface area contributed by atoms with E-state index in [0.717, 1.165) is 23.0 Å². The molecular formula is C17H26ClN3S. The molecule has 5 heteroatoms. The number of hydrogen-bond donors (Lipinski definition) is 0. The van der Waals surface area contributed by atoms with E-state index >= 15 is 0 Å². The minimum atomic E-state index is -0.323. The van der Waals surface area contributed by atoms with Gasteiger partial charge in [0.15, 0.2) is 0 Å². The Hall–Kier alpha value is -0.320. The molecule has 4 rings (SSSR count). The zero-order valence-corrected chi connectivity index (χ0v) is 15.0. The molecule has 0 radical (unpaired) electrons. The van der Waals surface area contributed by atoms with Gasteiger partial charge in [0.2, 0.25) is 0 Å². The molecular weight excluding hydrogens is 314 g/mol. The summed E-state index contributed by atoms with van der Waals surface area (Å²) in [6, 6.07) is 0. The summed E-state index contributed by atoms with van der Waals surface area (Å²) in [6.45, 7) is 5.57. The van der Waals surface area contributed by atoms with Crippen LogP contribution in [-0.2, 0) is 4.87 Å². The Balaban J connectivity index is 1.71. The number of thioether (sulfide) groups is 1. The summed E-state index contributed by atoms with van der Waals surface area (Å²) in [5.41, 5.74) is 1.03. The SMILES string of the molecule is CCCCCCSc1nccnc1C1(Cl)CN2CCC1CC2. The molecule has 0 saturated carbocycles. The molecule has 0 aliphatic carbocycles. The lowest BCUT2D eigenvalue weighted by atomic mass is 9.76. The number of halogens is 1. The molecule has 1 aromatic rings. The highest BCUT2D eigenvalue weighted by molar-refractivity contribution is 7.99. The summed E-state index contributed by atoms with van der Waals surface area (Å²) in [7, 11) is 0. The van der Waals surface area contributed by atoms with E-state index in [9.17, 15) is 0 Å². The Morgan fingerprint density at radius 2 is 2.00 bits per heavy atom. The number of nitrogens with zero attached hydrogens (tertiary/aromatic N) is 3. The van der Waals surface area contributed by atoms with Crippen LogP contribution in [0.5, 0.6) is 0 Å². The normalized spacial score (nSPS) is 30.6. The maximum Gasteiger partial charge on any atom is 0.119 e. The van der Waals surface area contributed by atoms with Crippen molar-refractivity contribution < 1.29 is 0 Å². The highest BCUT2D eigenvalue weighted by Crippen LogP contribution is 2.48. The molecule has 122 valence electrons. The van der Waals surface area contributed by atoms with Gasteiger partial charge in [-0.3, -0.25) is 4.98 Å². The lowest BCUT2D eigenvalue weighted by Gasteiger charge is -2.49. The van der Waals surface area contributed by atoms with Crippen LogP contribution in [0.4, 0.5) is 0 Å². The fourth-order valence-corrected chi connectivity index (χ4v) is 5.32. The second-order valence-electron chi connectivity index (χ2n) is 6.53. The molecule has 3 aliphatic heterocycles. The second-order valence-corrected chi connectivity index (χ2v) is 8.29. The molecule has 2 bridgehead atoms. The van der Waals surface area contributed by atoms with Gasteiger partial charge in [0.1, 0.15) is 9.90 Å². The molecule has 1 aromatic heterocycles. The molecule has 0 N–H and O–H groups in total. The summed E-state index contributed by atoms with van der Waals surface area (Å²) >= 11 is 8.95. The maximum atomic E-state index is 7.11. The Morgan fingerprint density at radius 3 is 2.68 bits per heavy atom. The van der Waals surface area contributed by atoms with E-state index in [2.05, 4.69) is 21.8 Å². The zero-order valence-electron chi connectivity index (χ0n) is 13.4. The number of fused-ring (bicyclic) bond motifs is 3. The monoisotopic (exact) mass is 339 g/mol. The van der Waals surface area contributed by atoms with Crippen molar-refractivity contribution in [1.82, 2.24) is 14.9 Å². The summed E-state index contributed by atoms with van der Waals surface area (Å²) in [4.78, 5) is 11.4. The number of unbranched alkanes of at least 4 members (excludes halogenated alkanes) is 3. The van der Waals surface area contributed by atoms with Crippen LogP contribution < -0.4 is 0 Å². The van der Waals surface area contributed by atoms with E-state index in [1.165, 1.54) is 51.6 Å². The zero-order chi connectivity index (χ0) is 15.4. The van der Waals surface area contributed by atoms with Crippen molar-refractivity contribution in [1.29, 1.82) is 0 Å². The highest BCUT2D eigenvalue weighted by Gasteiger charge is 2.48. The van der Waals surface area contributed by atoms with Crippen molar-refractivity contribution in [2.24, 2.45) is 5.92 Å². The first-order valence-electron chi connectivity index (χ1n) is 8.59. The molecule has 1 atom stereocenters. The fraction of sp³-hybridized carbons (Fsp3) is 0.765. The van der Waals surface area contributed by atoms with Crippen molar-refractivity contribution in [3.05, 3.63) is 18.1 Å². The van der Waals surface area contributed by atoms with Crippen LogP contribution in [0.25, 0.3) is 0 Å². The third-order valence-electron chi connectivity index (χ3n) is 4.98. The van der Waals surface area contributed by atoms with Crippen molar-refractivity contribution in [2.45, 2.75) is 55.3 Å². The molecule has 4 heterocycles. The van der Waals surface area contributed by atoms with Gasteiger partial charge in [-0.15, -0.1) is 23.4 Å². The summed E-state index contributed by atoms with van der Waals surface area (Å²) < 4.78 is 0. The van der Waals surface area contributed by atoms with Crippen LogP contribution in [0, 0.1) is 5.92 Å². The van der Waals surface area contributed by atoms with Gasteiger partial charge in [0.25, 0.3) is 0 Å². The largest absolute Gasteiger partial charge is 0.301 e.